The van der Waals surface area contributed by atoms with Crippen LogP contribution in [0.25, 0.3) is 0 Å². The largest absolute Gasteiger partial charge is 0.330 e. The van der Waals surface area contributed by atoms with Crippen molar-refractivity contribution in [3.05, 3.63) is 0 Å². The fraction of sp³-hybridized carbons (Fsp3) is 1.00. The Labute approximate surface area is 87.8 Å². The third-order valence-corrected chi connectivity index (χ3v) is 3.85. The van der Waals surface area contributed by atoms with Crippen LogP contribution < -0.4 is 5.73 Å². The first kappa shape index (κ1) is 10.4. The molecule has 2 unspecified atom stereocenters. The second-order valence-corrected chi connectivity index (χ2v) is 4.96. The predicted octanol–water partition coefficient (Wildman–Crippen LogP) is 1.99. The summed E-state index contributed by atoms with van der Waals surface area (Å²) in [4.78, 5) is 2.77. The maximum atomic E-state index is 5.85. The van der Waals surface area contributed by atoms with Crippen molar-refractivity contribution in [2.24, 2.45) is 11.7 Å². The zero-order valence-electron chi connectivity index (χ0n) is 9.41. The SMILES string of the molecule is CCCN(C1CC1)C1CCCC1CN. The number of rotatable bonds is 5. The van der Waals surface area contributed by atoms with Crippen molar-refractivity contribution in [3.8, 4) is 0 Å². The highest BCUT2D eigenvalue weighted by atomic mass is 15.2. The predicted molar refractivity (Wildman–Crippen MR) is 60.2 cm³/mol. The van der Waals surface area contributed by atoms with E-state index in [1.807, 2.05) is 0 Å². The van der Waals surface area contributed by atoms with Gasteiger partial charge in [-0.25, -0.2) is 0 Å². The molecule has 0 saturated heterocycles. The molecule has 0 bridgehead atoms. The molecule has 0 amide bonds. The molecule has 2 atom stereocenters. The van der Waals surface area contributed by atoms with E-state index >= 15 is 0 Å². The average Bonchev–Trinajstić information content (AvgIpc) is 2.92. The van der Waals surface area contributed by atoms with Crippen molar-refractivity contribution in [2.45, 2.75) is 57.5 Å². The summed E-state index contributed by atoms with van der Waals surface area (Å²) in [5.41, 5.74) is 5.85. The lowest BCUT2D eigenvalue weighted by Crippen LogP contribution is -2.42. The Morgan fingerprint density at radius 2 is 2.00 bits per heavy atom. The van der Waals surface area contributed by atoms with E-state index in [4.69, 9.17) is 5.73 Å². The maximum Gasteiger partial charge on any atom is 0.0138 e. The Morgan fingerprint density at radius 3 is 2.57 bits per heavy atom. The highest BCUT2D eigenvalue weighted by Crippen LogP contribution is 2.36. The molecule has 2 N–H and O–H groups in total. The van der Waals surface area contributed by atoms with Crippen LogP contribution in [-0.4, -0.2) is 30.1 Å². The van der Waals surface area contributed by atoms with E-state index < -0.39 is 0 Å². The Hall–Kier alpha value is -0.0800. The lowest BCUT2D eigenvalue weighted by molar-refractivity contribution is 0.153. The van der Waals surface area contributed by atoms with E-state index in [9.17, 15) is 0 Å². The quantitative estimate of drug-likeness (QED) is 0.728. The van der Waals surface area contributed by atoms with E-state index in [2.05, 4.69) is 11.8 Å². The first-order chi connectivity index (χ1) is 6.86. The van der Waals surface area contributed by atoms with Crippen LogP contribution in [0.1, 0.15) is 45.4 Å². The summed E-state index contributed by atoms with van der Waals surface area (Å²) in [5.74, 6) is 0.794. The van der Waals surface area contributed by atoms with Crippen LogP contribution in [0.5, 0.6) is 0 Å². The van der Waals surface area contributed by atoms with Gasteiger partial charge in [-0.05, 0) is 51.1 Å². The Morgan fingerprint density at radius 1 is 1.21 bits per heavy atom. The molecule has 2 saturated carbocycles. The van der Waals surface area contributed by atoms with Crippen LogP contribution in [0.2, 0.25) is 0 Å². The van der Waals surface area contributed by atoms with Gasteiger partial charge in [0, 0.05) is 12.1 Å². The monoisotopic (exact) mass is 196 g/mol. The summed E-state index contributed by atoms with van der Waals surface area (Å²) in [6.07, 6.45) is 8.35. The van der Waals surface area contributed by atoms with Gasteiger partial charge >= 0.3 is 0 Å². The molecule has 0 heterocycles. The second kappa shape index (κ2) is 4.63. The molecule has 0 radical (unpaired) electrons. The molecule has 14 heavy (non-hydrogen) atoms. The number of hydrogen-bond acceptors (Lipinski definition) is 2. The van der Waals surface area contributed by atoms with Crippen molar-refractivity contribution in [1.82, 2.24) is 4.90 Å². The van der Waals surface area contributed by atoms with E-state index in [1.165, 1.54) is 45.1 Å². The molecule has 82 valence electrons. The standard InChI is InChI=1S/C12H24N2/c1-2-8-14(11-6-7-11)12-5-3-4-10(12)9-13/h10-12H,2-9,13H2,1H3. The van der Waals surface area contributed by atoms with Crippen LogP contribution in [-0.2, 0) is 0 Å². The summed E-state index contributed by atoms with van der Waals surface area (Å²) in [6, 6.07) is 1.75. The molecule has 2 rings (SSSR count). The van der Waals surface area contributed by atoms with Crippen LogP contribution in [0.15, 0.2) is 0 Å². The highest BCUT2D eigenvalue weighted by molar-refractivity contribution is 4.93. The smallest absolute Gasteiger partial charge is 0.0138 e. The van der Waals surface area contributed by atoms with Gasteiger partial charge in [0.15, 0.2) is 0 Å². The Kier molecular flexibility index (Phi) is 3.45. The molecule has 0 aliphatic heterocycles. The van der Waals surface area contributed by atoms with E-state index in [1.54, 1.807) is 0 Å². The van der Waals surface area contributed by atoms with Crippen LogP contribution >= 0.6 is 0 Å². The molecule has 2 nitrogen and oxygen atoms in total. The topological polar surface area (TPSA) is 29.3 Å². The minimum Gasteiger partial charge on any atom is -0.330 e. The van der Waals surface area contributed by atoms with Crippen LogP contribution in [0.3, 0.4) is 0 Å². The molecule has 0 aromatic heterocycles. The maximum absolute atomic E-state index is 5.85. The number of hydrogen-bond donors (Lipinski definition) is 1. The van der Waals surface area contributed by atoms with Crippen molar-refractivity contribution in [1.29, 1.82) is 0 Å². The first-order valence-electron chi connectivity index (χ1n) is 6.32. The summed E-state index contributed by atoms with van der Waals surface area (Å²) < 4.78 is 0. The van der Waals surface area contributed by atoms with Crippen molar-refractivity contribution in [3.63, 3.8) is 0 Å². The first-order valence-corrected chi connectivity index (χ1v) is 6.32. The molecule has 0 spiro atoms. The summed E-state index contributed by atoms with van der Waals surface area (Å²) in [7, 11) is 0. The molecule has 2 heteroatoms. The van der Waals surface area contributed by atoms with Gasteiger partial charge in [-0.1, -0.05) is 13.3 Å². The van der Waals surface area contributed by atoms with Gasteiger partial charge in [0.05, 0.1) is 0 Å². The van der Waals surface area contributed by atoms with E-state index in [0.29, 0.717) is 0 Å². The summed E-state index contributed by atoms with van der Waals surface area (Å²) in [5, 5.41) is 0. The zero-order chi connectivity index (χ0) is 9.97. The average molecular weight is 196 g/mol. The normalized spacial score (nSPS) is 32.8. The molecule has 2 fully saturated rings. The van der Waals surface area contributed by atoms with Crippen molar-refractivity contribution in [2.75, 3.05) is 13.1 Å². The van der Waals surface area contributed by atoms with Gasteiger partial charge in [0.2, 0.25) is 0 Å². The molecule has 0 aromatic carbocycles. The van der Waals surface area contributed by atoms with Gasteiger partial charge in [0.1, 0.15) is 0 Å². The van der Waals surface area contributed by atoms with Gasteiger partial charge in [-0.15, -0.1) is 0 Å². The van der Waals surface area contributed by atoms with Crippen LogP contribution in [0, 0.1) is 5.92 Å². The van der Waals surface area contributed by atoms with Crippen molar-refractivity contribution < 1.29 is 0 Å². The number of nitrogens with zero attached hydrogens (tertiary/aromatic N) is 1. The molecule has 0 aromatic rings. The van der Waals surface area contributed by atoms with Crippen LogP contribution in [0.4, 0.5) is 0 Å². The summed E-state index contributed by atoms with van der Waals surface area (Å²) in [6.45, 7) is 4.49. The summed E-state index contributed by atoms with van der Waals surface area (Å²) >= 11 is 0. The van der Waals surface area contributed by atoms with E-state index in [0.717, 1.165) is 24.5 Å². The Balaban J connectivity index is 1.94. The molecular formula is C12H24N2. The number of nitrogens with two attached hydrogens (primary N) is 1. The van der Waals surface area contributed by atoms with E-state index in [-0.39, 0.29) is 0 Å². The molecule has 2 aliphatic carbocycles. The highest BCUT2D eigenvalue weighted by Gasteiger charge is 2.38. The van der Waals surface area contributed by atoms with Gasteiger partial charge in [-0.2, -0.15) is 0 Å². The third kappa shape index (κ3) is 2.12. The van der Waals surface area contributed by atoms with Gasteiger partial charge in [0.25, 0.3) is 0 Å². The fourth-order valence-electron chi connectivity index (χ4n) is 3.01. The molecular weight excluding hydrogens is 172 g/mol. The lowest BCUT2D eigenvalue weighted by Gasteiger charge is -2.32. The lowest BCUT2D eigenvalue weighted by atomic mass is 10.0. The second-order valence-electron chi connectivity index (χ2n) is 4.96. The Bertz CT molecular complexity index is 177. The minimum atomic E-state index is 0.794. The van der Waals surface area contributed by atoms with Gasteiger partial charge < -0.3 is 5.73 Å². The minimum absolute atomic E-state index is 0.794. The third-order valence-electron chi connectivity index (χ3n) is 3.85. The molecule has 2 aliphatic rings. The van der Waals surface area contributed by atoms with Crippen molar-refractivity contribution >= 4 is 0 Å². The zero-order valence-corrected chi connectivity index (χ0v) is 9.41. The fourth-order valence-corrected chi connectivity index (χ4v) is 3.01. The van der Waals surface area contributed by atoms with Gasteiger partial charge in [-0.3, -0.25) is 4.90 Å².